The Morgan fingerprint density at radius 3 is 2.60 bits per heavy atom. The number of carbonyl (C=O) groups is 1. The van der Waals surface area contributed by atoms with Gasteiger partial charge in [0.15, 0.2) is 0 Å². The van der Waals surface area contributed by atoms with E-state index in [0.29, 0.717) is 33.3 Å². The molecule has 0 radical (unpaired) electrons. The van der Waals surface area contributed by atoms with Gasteiger partial charge in [-0.05, 0) is 36.4 Å². The van der Waals surface area contributed by atoms with Crippen LogP contribution in [0.25, 0.3) is 21.9 Å². The summed E-state index contributed by atoms with van der Waals surface area (Å²) < 4.78 is 10.8. The Morgan fingerprint density at radius 1 is 1.10 bits per heavy atom. The number of methoxy groups -OCH3 is 1. The molecule has 3 rings (SSSR count). The van der Waals surface area contributed by atoms with E-state index in [1.165, 1.54) is 19.2 Å². The fourth-order valence-electron chi connectivity index (χ4n) is 2.11. The SMILES string of the molecule is COc1ccc2oc3cc(C(N)=O)ccc3c(=O)c2c1. The summed E-state index contributed by atoms with van der Waals surface area (Å²) in [6.45, 7) is 0. The topological polar surface area (TPSA) is 82.5 Å². The molecule has 1 aromatic heterocycles. The van der Waals surface area contributed by atoms with Gasteiger partial charge in [-0.25, -0.2) is 0 Å². The monoisotopic (exact) mass is 269 g/mol. The first-order chi connectivity index (χ1) is 9.60. The Labute approximate surface area is 113 Å². The standard InChI is InChI=1S/C15H11NO4/c1-19-9-3-5-12-11(7-9)14(17)10-4-2-8(15(16)18)6-13(10)20-12/h2-7H,1H3,(H2,16,18). The molecule has 5 heteroatoms. The minimum atomic E-state index is -0.565. The van der Waals surface area contributed by atoms with Crippen molar-refractivity contribution in [2.45, 2.75) is 0 Å². The van der Waals surface area contributed by atoms with E-state index < -0.39 is 5.91 Å². The lowest BCUT2D eigenvalue weighted by atomic mass is 10.1. The van der Waals surface area contributed by atoms with Crippen molar-refractivity contribution in [2.75, 3.05) is 7.11 Å². The normalized spacial score (nSPS) is 10.8. The molecule has 0 fully saturated rings. The van der Waals surface area contributed by atoms with Gasteiger partial charge in [0.2, 0.25) is 11.3 Å². The molecule has 2 aromatic carbocycles. The van der Waals surface area contributed by atoms with Gasteiger partial charge in [0, 0.05) is 5.56 Å². The van der Waals surface area contributed by atoms with Gasteiger partial charge in [0.1, 0.15) is 16.9 Å². The van der Waals surface area contributed by atoms with Gasteiger partial charge < -0.3 is 14.9 Å². The molecule has 3 aromatic rings. The van der Waals surface area contributed by atoms with E-state index in [4.69, 9.17) is 14.9 Å². The van der Waals surface area contributed by atoms with E-state index in [-0.39, 0.29) is 5.43 Å². The average molecular weight is 269 g/mol. The number of hydrogen-bond donors (Lipinski definition) is 1. The van der Waals surface area contributed by atoms with Gasteiger partial charge in [-0.3, -0.25) is 9.59 Å². The lowest BCUT2D eigenvalue weighted by molar-refractivity contribution is 0.100. The second-order valence-corrected chi connectivity index (χ2v) is 4.37. The molecule has 0 spiro atoms. The molecule has 0 bridgehead atoms. The molecule has 5 nitrogen and oxygen atoms in total. The van der Waals surface area contributed by atoms with Crippen molar-refractivity contribution in [1.82, 2.24) is 0 Å². The van der Waals surface area contributed by atoms with Crippen LogP contribution in [0.5, 0.6) is 5.75 Å². The number of fused-ring (bicyclic) bond motifs is 2. The van der Waals surface area contributed by atoms with Crippen molar-refractivity contribution in [3.8, 4) is 5.75 Å². The van der Waals surface area contributed by atoms with Crippen LogP contribution in [0, 0.1) is 0 Å². The predicted molar refractivity (Wildman–Crippen MR) is 75.1 cm³/mol. The van der Waals surface area contributed by atoms with Gasteiger partial charge in [-0.2, -0.15) is 0 Å². The third-order valence-corrected chi connectivity index (χ3v) is 3.16. The van der Waals surface area contributed by atoms with Gasteiger partial charge >= 0.3 is 0 Å². The first-order valence-electron chi connectivity index (χ1n) is 5.94. The summed E-state index contributed by atoms with van der Waals surface area (Å²) in [4.78, 5) is 23.6. The highest BCUT2D eigenvalue weighted by Crippen LogP contribution is 2.23. The van der Waals surface area contributed by atoms with Crippen molar-refractivity contribution < 1.29 is 13.9 Å². The van der Waals surface area contributed by atoms with Crippen molar-refractivity contribution in [2.24, 2.45) is 5.73 Å². The molecule has 100 valence electrons. The number of ether oxygens (including phenoxy) is 1. The van der Waals surface area contributed by atoms with E-state index in [2.05, 4.69) is 0 Å². The highest BCUT2D eigenvalue weighted by molar-refractivity contribution is 5.98. The average Bonchev–Trinajstić information content (AvgIpc) is 2.46. The van der Waals surface area contributed by atoms with Gasteiger partial charge in [-0.15, -0.1) is 0 Å². The van der Waals surface area contributed by atoms with Crippen molar-refractivity contribution in [3.63, 3.8) is 0 Å². The van der Waals surface area contributed by atoms with E-state index in [9.17, 15) is 9.59 Å². The second kappa shape index (κ2) is 4.38. The van der Waals surface area contributed by atoms with Crippen LogP contribution < -0.4 is 15.9 Å². The number of hydrogen-bond acceptors (Lipinski definition) is 4. The van der Waals surface area contributed by atoms with Gasteiger partial charge in [-0.1, -0.05) is 0 Å². The van der Waals surface area contributed by atoms with Crippen LogP contribution in [0.15, 0.2) is 45.6 Å². The summed E-state index contributed by atoms with van der Waals surface area (Å²) in [5.41, 5.74) is 6.12. The summed E-state index contributed by atoms with van der Waals surface area (Å²) in [7, 11) is 1.53. The highest BCUT2D eigenvalue weighted by Gasteiger charge is 2.10. The molecule has 0 aliphatic heterocycles. The van der Waals surface area contributed by atoms with Crippen LogP contribution >= 0.6 is 0 Å². The van der Waals surface area contributed by atoms with E-state index in [1.807, 2.05) is 0 Å². The predicted octanol–water partition coefficient (Wildman–Crippen LogP) is 2.05. The van der Waals surface area contributed by atoms with Crippen molar-refractivity contribution in [1.29, 1.82) is 0 Å². The van der Waals surface area contributed by atoms with Crippen molar-refractivity contribution in [3.05, 3.63) is 52.2 Å². The van der Waals surface area contributed by atoms with E-state index >= 15 is 0 Å². The van der Waals surface area contributed by atoms with Crippen LogP contribution in [0.3, 0.4) is 0 Å². The number of nitrogens with two attached hydrogens (primary N) is 1. The maximum Gasteiger partial charge on any atom is 0.248 e. The van der Waals surface area contributed by atoms with Crippen molar-refractivity contribution >= 4 is 27.8 Å². The first-order valence-corrected chi connectivity index (χ1v) is 5.94. The Bertz CT molecular complexity index is 895. The summed E-state index contributed by atoms with van der Waals surface area (Å²) in [5, 5.41) is 0.833. The minimum Gasteiger partial charge on any atom is -0.497 e. The van der Waals surface area contributed by atoms with Crippen LogP contribution in [0.4, 0.5) is 0 Å². The first kappa shape index (κ1) is 12.2. The molecule has 1 heterocycles. The lowest BCUT2D eigenvalue weighted by Gasteiger charge is -2.04. The molecule has 0 aliphatic rings. The second-order valence-electron chi connectivity index (χ2n) is 4.37. The molecule has 20 heavy (non-hydrogen) atoms. The molecular weight excluding hydrogens is 258 g/mol. The molecule has 0 atom stereocenters. The molecule has 0 saturated heterocycles. The van der Waals surface area contributed by atoms with Crippen LogP contribution in [-0.4, -0.2) is 13.0 Å². The highest BCUT2D eigenvalue weighted by atomic mass is 16.5. The largest absolute Gasteiger partial charge is 0.497 e. The Morgan fingerprint density at radius 2 is 1.90 bits per heavy atom. The molecule has 0 aliphatic carbocycles. The van der Waals surface area contributed by atoms with Crippen LogP contribution in [0.2, 0.25) is 0 Å². The number of benzene rings is 2. The number of rotatable bonds is 2. The summed E-state index contributed by atoms with van der Waals surface area (Å²) in [6.07, 6.45) is 0. The van der Waals surface area contributed by atoms with Gasteiger partial charge in [0.25, 0.3) is 0 Å². The summed E-state index contributed by atoms with van der Waals surface area (Å²) >= 11 is 0. The zero-order chi connectivity index (χ0) is 14.3. The molecule has 0 saturated carbocycles. The molecular formula is C15H11NO4. The molecule has 2 N–H and O–H groups in total. The molecule has 1 amide bonds. The fraction of sp³-hybridized carbons (Fsp3) is 0.0667. The third-order valence-electron chi connectivity index (χ3n) is 3.16. The third kappa shape index (κ3) is 1.80. The minimum absolute atomic E-state index is 0.170. The maximum atomic E-state index is 12.4. The number of amides is 1. The fourth-order valence-corrected chi connectivity index (χ4v) is 2.11. The Balaban J connectivity index is 2.40. The van der Waals surface area contributed by atoms with Gasteiger partial charge in [0.05, 0.1) is 17.9 Å². The smallest absolute Gasteiger partial charge is 0.248 e. The van der Waals surface area contributed by atoms with E-state index in [1.54, 1.807) is 24.3 Å². The summed E-state index contributed by atoms with van der Waals surface area (Å²) in [6, 6.07) is 9.51. The zero-order valence-electron chi connectivity index (χ0n) is 10.7. The number of primary amides is 1. The Kier molecular flexibility index (Phi) is 2.68. The quantitative estimate of drug-likeness (QED) is 0.722. The van der Waals surface area contributed by atoms with E-state index in [0.717, 1.165) is 0 Å². The number of carbonyl (C=O) groups excluding carboxylic acids is 1. The maximum absolute atomic E-state index is 12.4. The van der Waals surface area contributed by atoms with Crippen LogP contribution in [0.1, 0.15) is 10.4 Å². The van der Waals surface area contributed by atoms with Crippen LogP contribution in [-0.2, 0) is 0 Å². The Hall–Kier alpha value is -2.82. The molecule has 0 unspecified atom stereocenters. The zero-order valence-corrected chi connectivity index (χ0v) is 10.7. The summed E-state index contributed by atoms with van der Waals surface area (Å²) in [5.74, 6) is 0.0160. The lowest BCUT2D eigenvalue weighted by Crippen LogP contribution is -2.11.